The van der Waals surface area contributed by atoms with Crippen molar-refractivity contribution >= 4 is 19.2 Å². The Kier molecular flexibility index (Phi) is 5.85. The molecular formula is C16H20NO6P. The van der Waals surface area contributed by atoms with Gasteiger partial charge in [-0.1, -0.05) is 18.2 Å². The second-order valence-electron chi connectivity index (χ2n) is 5.43. The van der Waals surface area contributed by atoms with Crippen LogP contribution in [-0.4, -0.2) is 31.4 Å². The number of benzene rings is 2. The molecule has 5 N–H and O–H groups in total. The molecule has 0 bridgehead atoms. The van der Waals surface area contributed by atoms with Gasteiger partial charge < -0.3 is 29.8 Å². The summed E-state index contributed by atoms with van der Waals surface area (Å²) in [7, 11) is -4.64. The fourth-order valence-corrected chi connectivity index (χ4v) is 2.64. The topological polar surface area (TPSA) is 121 Å². The number of nitrogens with zero attached hydrogens (tertiary/aromatic N) is 1. The van der Waals surface area contributed by atoms with Gasteiger partial charge in [0.2, 0.25) is 0 Å². The van der Waals surface area contributed by atoms with Gasteiger partial charge in [-0.2, -0.15) is 0 Å². The number of hydrogen-bond acceptors (Lipinski definition) is 4. The number of rotatable bonds is 1. The van der Waals surface area contributed by atoms with Crippen LogP contribution in [0.15, 0.2) is 42.5 Å². The number of para-hydroxylation sites is 1. The number of phenols is 2. The van der Waals surface area contributed by atoms with Crippen LogP contribution in [-0.2, 0) is 11.0 Å². The van der Waals surface area contributed by atoms with Crippen LogP contribution in [0.5, 0.6) is 11.5 Å². The van der Waals surface area contributed by atoms with Gasteiger partial charge in [0.25, 0.3) is 0 Å². The van der Waals surface area contributed by atoms with Gasteiger partial charge in [0.15, 0.2) is 11.5 Å². The van der Waals surface area contributed by atoms with E-state index in [9.17, 15) is 10.2 Å². The summed E-state index contributed by atoms with van der Waals surface area (Å²) in [6.45, 7) is 0.932. The normalized spacial score (nSPS) is 14.2. The van der Waals surface area contributed by atoms with E-state index >= 15 is 0 Å². The summed E-state index contributed by atoms with van der Waals surface area (Å²) >= 11 is 0. The molecule has 0 atom stereocenters. The van der Waals surface area contributed by atoms with E-state index in [2.05, 4.69) is 17.0 Å². The van der Waals surface area contributed by atoms with Gasteiger partial charge in [0.1, 0.15) is 0 Å². The van der Waals surface area contributed by atoms with Crippen LogP contribution in [0.4, 0.5) is 11.4 Å². The Bertz CT molecular complexity index is 723. The zero-order valence-corrected chi connectivity index (χ0v) is 13.8. The fourth-order valence-electron chi connectivity index (χ4n) is 2.64. The van der Waals surface area contributed by atoms with Gasteiger partial charge >= 0.3 is 7.82 Å². The molecule has 1 heterocycles. The second kappa shape index (κ2) is 7.68. The monoisotopic (exact) mass is 353 g/mol. The van der Waals surface area contributed by atoms with Gasteiger partial charge in [-0.3, -0.25) is 0 Å². The Morgan fingerprint density at radius 2 is 1.50 bits per heavy atom. The van der Waals surface area contributed by atoms with E-state index in [4.69, 9.17) is 19.2 Å². The molecule has 0 unspecified atom stereocenters. The highest BCUT2D eigenvalue weighted by molar-refractivity contribution is 7.45. The maximum atomic E-state index is 9.76. The molecule has 0 aliphatic carbocycles. The average Bonchev–Trinajstić information content (AvgIpc) is 2.69. The smallest absolute Gasteiger partial charge is 0.466 e. The minimum atomic E-state index is -4.64. The van der Waals surface area contributed by atoms with Crippen molar-refractivity contribution in [3.05, 3.63) is 48.0 Å². The van der Waals surface area contributed by atoms with Crippen LogP contribution in [0.3, 0.4) is 0 Å². The van der Waals surface area contributed by atoms with Crippen LogP contribution in [0.1, 0.15) is 18.4 Å². The standard InChI is InChI=1S/C16H17NO2.H3O4P/c18-15-10-12-6-4-5-9-17(14(12)11-16(15)19)13-7-2-1-3-8-13;1-5(2,3)4/h1-3,7-8,10-11,18-19H,4-6,9H2;(H3,1,2,3,4). The SMILES string of the molecule is O=P(O)(O)O.Oc1cc2c(cc1O)N(c1ccccc1)CCCC2. The lowest BCUT2D eigenvalue weighted by Gasteiger charge is -2.25. The molecular weight excluding hydrogens is 333 g/mol. The minimum Gasteiger partial charge on any atom is -0.504 e. The quantitative estimate of drug-likeness (QED) is 0.395. The molecule has 0 fully saturated rings. The molecule has 0 saturated heterocycles. The number of anilines is 2. The first-order valence-corrected chi connectivity index (χ1v) is 8.98. The molecule has 24 heavy (non-hydrogen) atoms. The van der Waals surface area contributed by atoms with Gasteiger partial charge in [0.05, 0.1) is 0 Å². The van der Waals surface area contributed by atoms with Crippen molar-refractivity contribution in [3.63, 3.8) is 0 Å². The summed E-state index contributed by atoms with van der Waals surface area (Å²) in [5, 5.41) is 19.4. The predicted molar refractivity (Wildman–Crippen MR) is 90.4 cm³/mol. The van der Waals surface area contributed by atoms with Crippen molar-refractivity contribution in [2.45, 2.75) is 19.3 Å². The molecule has 0 saturated carbocycles. The summed E-state index contributed by atoms with van der Waals surface area (Å²) in [5.74, 6) is -0.0877. The number of fused-ring (bicyclic) bond motifs is 1. The molecule has 130 valence electrons. The van der Waals surface area contributed by atoms with Crippen LogP contribution in [0.25, 0.3) is 0 Å². The molecule has 0 radical (unpaired) electrons. The Labute approximate surface area is 139 Å². The van der Waals surface area contributed by atoms with Crippen molar-refractivity contribution in [3.8, 4) is 11.5 Å². The van der Waals surface area contributed by atoms with Crippen molar-refractivity contribution in [2.75, 3.05) is 11.4 Å². The van der Waals surface area contributed by atoms with Crippen molar-refractivity contribution < 1.29 is 29.5 Å². The van der Waals surface area contributed by atoms with E-state index in [-0.39, 0.29) is 11.5 Å². The Morgan fingerprint density at radius 3 is 2.12 bits per heavy atom. The largest absolute Gasteiger partial charge is 0.504 e. The molecule has 0 spiro atoms. The number of aryl methyl sites for hydroxylation is 1. The van der Waals surface area contributed by atoms with Crippen molar-refractivity contribution in [2.24, 2.45) is 0 Å². The number of phenolic OH excluding ortho intramolecular Hbond substituents is 2. The first kappa shape index (κ1) is 18.3. The Hall–Kier alpha value is -2.05. The zero-order chi connectivity index (χ0) is 17.7. The Morgan fingerprint density at radius 1 is 0.917 bits per heavy atom. The van der Waals surface area contributed by atoms with E-state index in [0.29, 0.717) is 0 Å². The highest BCUT2D eigenvalue weighted by Crippen LogP contribution is 2.39. The average molecular weight is 353 g/mol. The fraction of sp³-hybridized carbons (Fsp3) is 0.250. The molecule has 2 aromatic carbocycles. The van der Waals surface area contributed by atoms with E-state index < -0.39 is 7.82 Å². The number of hydrogen-bond donors (Lipinski definition) is 5. The third-order valence-electron chi connectivity index (χ3n) is 3.61. The maximum Gasteiger partial charge on any atom is 0.466 e. The number of phosphoric acid groups is 1. The lowest BCUT2D eigenvalue weighted by atomic mass is 10.1. The highest BCUT2D eigenvalue weighted by atomic mass is 31.2. The van der Waals surface area contributed by atoms with Crippen molar-refractivity contribution in [1.29, 1.82) is 0 Å². The molecule has 1 aliphatic heterocycles. The summed E-state index contributed by atoms with van der Waals surface area (Å²) in [6.07, 6.45) is 3.14. The zero-order valence-electron chi connectivity index (χ0n) is 12.9. The summed E-state index contributed by atoms with van der Waals surface area (Å²) in [4.78, 5) is 23.8. The molecule has 0 amide bonds. The highest BCUT2D eigenvalue weighted by Gasteiger charge is 2.19. The minimum absolute atomic E-state index is 0.0336. The van der Waals surface area contributed by atoms with E-state index in [1.807, 2.05) is 18.2 Å². The first-order chi connectivity index (χ1) is 11.3. The van der Waals surface area contributed by atoms with Crippen LogP contribution >= 0.6 is 7.82 Å². The summed E-state index contributed by atoms with van der Waals surface area (Å²) < 4.78 is 8.88. The van der Waals surface area contributed by atoms with Gasteiger partial charge in [-0.15, -0.1) is 0 Å². The van der Waals surface area contributed by atoms with E-state index in [1.165, 1.54) is 0 Å². The van der Waals surface area contributed by atoms with Gasteiger partial charge in [-0.05, 0) is 43.0 Å². The molecule has 1 aliphatic rings. The second-order valence-corrected chi connectivity index (χ2v) is 6.45. The van der Waals surface area contributed by atoms with Crippen LogP contribution < -0.4 is 4.90 Å². The summed E-state index contributed by atoms with van der Waals surface area (Å²) in [5.41, 5.74) is 3.21. The molecule has 7 nitrogen and oxygen atoms in total. The molecule has 0 aromatic heterocycles. The lowest BCUT2D eigenvalue weighted by Crippen LogP contribution is -2.17. The van der Waals surface area contributed by atoms with Crippen LogP contribution in [0.2, 0.25) is 0 Å². The van der Waals surface area contributed by atoms with E-state index in [1.54, 1.807) is 12.1 Å². The van der Waals surface area contributed by atoms with E-state index in [0.717, 1.165) is 42.7 Å². The molecule has 3 rings (SSSR count). The van der Waals surface area contributed by atoms with Crippen LogP contribution in [0, 0.1) is 0 Å². The van der Waals surface area contributed by atoms with Gasteiger partial charge in [-0.25, -0.2) is 4.57 Å². The third kappa shape index (κ3) is 5.25. The van der Waals surface area contributed by atoms with Crippen molar-refractivity contribution in [1.82, 2.24) is 0 Å². The third-order valence-corrected chi connectivity index (χ3v) is 3.61. The first-order valence-electron chi connectivity index (χ1n) is 7.41. The lowest BCUT2D eigenvalue weighted by molar-refractivity contribution is 0.275. The van der Waals surface area contributed by atoms with Gasteiger partial charge in [0, 0.05) is 24.0 Å². The summed E-state index contributed by atoms with van der Waals surface area (Å²) in [6, 6.07) is 13.5. The molecule has 2 aromatic rings. The molecule has 8 heteroatoms. The number of aromatic hydroxyl groups is 2. The maximum absolute atomic E-state index is 9.76. The predicted octanol–water partition coefficient (Wildman–Crippen LogP) is 2.64. The Balaban J connectivity index is 0.000000368.